The quantitative estimate of drug-likeness (QED) is 0.0606. The van der Waals surface area contributed by atoms with Crippen molar-refractivity contribution in [2.24, 2.45) is 21.6 Å². The van der Waals surface area contributed by atoms with Gasteiger partial charge in [-0.3, -0.25) is 68.0 Å². The van der Waals surface area contributed by atoms with Crippen molar-refractivity contribution < 1.29 is 87.8 Å². The van der Waals surface area contributed by atoms with Crippen LogP contribution < -0.4 is 64.2 Å². The zero-order chi connectivity index (χ0) is 83.4. The Labute approximate surface area is 671 Å². The molecule has 3 unspecified atom stereocenters. The first-order valence-corrected chi connectivity index (χ1v) is 40.1. The number of aliphatic hydroxyl groups excluding tert-OH is 4. The average molecular weight is 1660 g/mol. The number of fused-ring (bicyclic) bond motifs is 7. The van der Waals surface area contributed by atoms with Crippen LogP contribution in [0.15, 0.2) is 92.2 Å². The molecule has 37 nitrogen and oxygen atoms in total. The Bertz CT molecular complexity index is 4880. The van der Waals surface area contributed by atoms with E-state index in [1.807, 2.05) is 0 Å². The van der Waals surface area contributed by atoms with Crippen LogP contribution in [0.5, 0.6) is 0 Å². The lowest BCUT2D eigenvalue weighted by atomic mass is 9.80. The molecule has 13 bridgehead atoms. The van der Waals surface area contributed by atoms with Crippen molar-refractivity contribution in [3.05, 3.63) is 148 Å². The maximum Gasteiger partial charge on any atom is 0.357 e. The predicted octanol–water partition coefficient (Wildman–Crippen LogP) is 0.774. The van der Waals surface area contributed by atoms with Crippen LogP contribution in [-0.2, 0) is 48.6 Å². The SMILES string of the molecule is C=C(NC(=O)C(=C)NC(=O)c1csc(C2=N[C@H]3c4csc(n4)[C@H]4NC(=O)c5csc(n5)[C@H](C(C)(O)[C@@H](C)O)NC(=O)[C@H]5CSC(=N5)/C(=C\C)NC(=O)[C@H]([C@@H](C)O)NC(=O)c5csc(n5)[C@]3(CC2)NC(=O)[C@H](C)NC(=O)C(=C)NC(=O)[C@H](C)NC(=O)C(C(C)CC)N[C@@H]2C=Cc3c([C@H](C)O)cc(nc3[C@H]2O)C(=O)O[C@@H]4C)n1)C(N)=O. The van der Waals surface area contributed by atoms with E-state index in [0.29, 0.717) is 6.42 Å². The third-order valence-electron chi connectivity index (χ3n) is 19.5. The van der Waals surface area contributed by atoms with Gasteiger partial charge >= 0.3 is 5.97 Å². The third-order valence-corrected chi connectivity index (χ3v) is 24.3. The summed E-state index contributed by atoms with van der Waals surface area (Å²) >= 11 is 4.42. The number of aliphatic imine (C=N–C) groups is 2. The number of nitrogens with two attached hydrogens (primary N) is 1. The van der Waals surface area contributed by atoms with Gasteiger partial charge in [0.15, 0.2) is 0 Å². The first-order valence-electron chi connectivity index (χ1n) is 35.6. The number of amides is 11. The molecule has 17 atom stereocenters. The zero-order valence-corrected chi connectivity index (χ0v) is 67.1. The second kappa shape index (κ2) is 35.5. The Balaban J connectivity index is 1.18. The number of nitrogens with one attached hydrogen (secondary N) is 11. The number of aliphatic hydroxyl groups is 5. The number of primary amides is 1. The maximum absolute atomic E-state index is 15.4. The second-order valence-corrected chi connectivity index (χ2v) is 32.3. The molecule has 0 saturated carbocycles. The van der Waals surface area contributed by atoms with E-state index in [4.69, 9.17) is 25.4 Å². The standard InChI is InChI=1S/C72H85N19O18S5/c1-14-26(3)47-63(105)78-30(7)57(99)75-28(5)56(98)76-31(8)58(100)91-72-19-18-40(66-85-43(22-111-66)59(101)77-29(6)55(97)74-27(4)54(73)96)81-52(72)42-21-112-67(83-42)49(34(11)109-69(107)41-20-37(32(9)92)36-16-17-39(79-47)51(95)50(36)80-41)89-60(102)44-24-113-68(86-44)53(71(13,108)35(12)94)90-62(104)45-23-110-65(84-45)38(15-2)82-64(106)48(33(10)93)88-61(103)46-25-114-70(72)87-46/h15-17,20-22,24-26,30-35,39,45,47-49,51-53,79,92-95,108H,4-6,14,18-19,23H2,1-3,7-13H3,(H2,73,96)(H,74,97)(H,75,99)(H,76,98)(H,77,101)(H,78,105)(H,82,106)(H,88,103)(H,89,102)(H,90,104)(H,91,100)/b38-15+/t26?,30-,31-,32-,33+,34+,35+,39+,45+,47?,48-,49-,51-,52-,53+,71?,72+/m0/s1. The number of pyridine rings is 1. The minimum Gasteiger partial charge on any atom is -0.455 e. The lowest BCUT2D eigenvalue weighted by molar-refractivity contribution is -0.131. The van der Waals surface area contributed by atoms with E-state index in [1.165, 1.54) is 88.2 Å². The van der Waals surface area contributed by atoms with E-state index in [-0.39, 0.29) is 94.7 Å². The summed E-state index contributed by atoms with van der Waals surface area (Å²) < 4.78 is 6.26. The number of nitrogens with zero attached hydrogens (tertiary/aromatic N) is 7. The van der Waals surface area contributed by atoms with Crippen molar-refractivity contribution in [2.45, 2.75) is 185 Å². The van der Waals surface area contributed by atoms with Gasteiger partial charge in [0.05, 0.1) is 70.3 Å². The van der Waals surface area contributed by atoms with Gasteiger partial charge in [-0.15, -0.1) is 57.1 Å². The molecule has 5 aromatic rings. The number of thiazole rings is 4. The summed E-state index contributed by atoms with van der Waals surface area (Å²) in [5, 5.41) is 92.2. The molecule has 42 heteroatoms. The largest absolute Gasteiger partial charge is 0.455 e. The van der Waals surface area contributed by atoms with Crippen LogP contribution in [0.25, 0.3) is 6.08 Å². The fourth-order valence-electron chi connectivity index (χ4n) is 12.3. The zero-order valence-electron chi connectivity index (χ0n) is 63.0. The molecule has 0 saturated heterocycles. The predicted molar refractivity (Wildman–Crippen MR) is 418 cm³/mol. The molecule has 5 aromatic heterocycles. The molecule has 9 heterocycles. The van der Waals surface area contributed by atoms with Gasteiger partial charge in [-0.2, -0.15) is 0 Å². The Morgan fingerprint density at radius 3 is 2.12 bits per heavy atom. The van der Waals surface area contributed by atoms with Gasteiger partial charge < -0.3 is 89.2 Å². The van der Waals surface area contributed by atoms with E-state index in [9.17, 15) is 68.7 Å². The van der Waals surface area contributed by atoms with E-state index in [1.54, 1.807) is 26.8 Å². The Hall–Kier alpha value is -10.5. The van der Waals surface area contributed by atoms with Crippen molar-refractivity contribution in [2.75, 3.05) is 5.75 Å². The van der Waals surface area contributed by atoms with Crippen LogP contribution in [0, 0.1) is 5.92 Å². The van der Waals surface area contributed by atoms with Crippen molar-refractivity contribution in [3.8, 4) is 0 Å². The van der Waals surface area contributed by atoms with E-state index in [2.05, 4.69) is 98.2 Å². The van der Waals surface area contributed by atoms with Crippen molar-refractivity contribution in [1.82, 2.24) is 83.4 Å². The summed E-state index contributed by atoms with van der Waals surface area (Å²) in [6, 6.07) is -11.6. The highest BCUT2D eigenvalue weighted by atomic mass is 32.2. The molecule has 4 aliphatic heterocycles. The molecule has 0 spiro atoms. The summed E-state index contributed by atoms with van der Waals surface area (Å²) in [5.41, 5.74) is -1.79. The number of carbonyl (C=O) groups excluding carboxylic acids is 12. The summed E-state index contributed by atoms with van der Waals surface area (Å²) in [6.45, 7) is 24.9. The first kappa shape index (κ1) is 85.9. The van der Waals surface area contributed by atoms with Gasteiger partial charge in [-0.05, 0) is 85.8 Å². The van der Waals surface area contributed by atoms with Crippen LogP contribution in [0.2, 0.25) is 0 Å². The Morgan fingerprint density at radius 1 is 0.763 bits per heavy atom. The molecule has 5 aliphatic rings. The van der Waals surface area contributed by atoms with Crippen LogP contribution in [0.1, 0.15) is 203 Å². The molecule has 114 heavy (non-hydrogen) atoms. The number of aromatic nitrogens is 5. The number of esters is 1. The fourth-order valence-corrected chi connectivity index (χ4v) is 17.2. The smallest absolute Gasteiger partial charge is 0.357 e. The first-order chi connectivity index (χ1) is 53.7. The van der Waals surface area contributed by atoms with E-state index < -0.39 is 196 Å². The molecule has 10 rings (SSSR count). The monoisotopic (exact) mass is 1660 g/mol. The number of rotatable bonds is 12. The Kier molecular flexibility index (Phi) is 26.7. The normalized spacial score (nSPS) is 26.9. The molecule has 0 aromatic carbocycles. The number of carbonyl (C=O) groups is 12. The third kappa shape index (κ3) is 18.6. The number of thioether (sulfide) groups is 1. The average Bonchev–Trinajstić information content (AvgIpc) is 1.50. The van der Waals surface area contributed by atoms with E-state index in [0.717, 1.165) is 57.1 Å². The molecule has 0 radical (unpaired) electrons. The van der Waals surface area contributed by atoms with Crippen LogP contribution >= 0.6 is 57.1 Å². The molecule has 11 amide bonds. The molecular weight excluding hydrogens is 1580 g/mol. The number of cyclic esters (lactones) is 1. The number of allylic oxidation sites excluding steroid dienone is 1. The molecule has 18 N–H and O–H groups in total. The second-order valence-electron chi connectivity index (χ2n) is 27.8. The van der Waals surface area contributed by atoms with Gasteiger partial charge in [0, 0.05) is 32.8 Å². The topological polar surface area (TPSA) is 563 Å². The summed E-state index contributed by atoms with van der Waals surface area (Å²) in [7, 11) is 0. The lowest BCUT2D eigenvalue weighted by Crippen LogP contribution is -2.57. The number of hydrogen-bond acceptors (Lipinski definition) is 31. The van der Waals surface area contributed by atoms with Gasteiger partial charge in [0.2, 0.25) is 29.5 Å². The Morgan fingerprint density at radius 2 is 1.45 bits per heavy atom. The van der Waals surface area contributed by atoms with Crippen LogP contribution in [0.3, 0.4) is 0 Å². The minimum absolute atomic E-state index is 0.0158. The summed E-state index contributed by atoms with van der Waals surface area (Å²) in [5.74, 6) is -12.2. The molecule has 1 aliphatic carbocycles. The van der Waals surface area contributed by atoms with E-state index >= 15 is 14.4 Å². The van der Waals surface area contributed by atoms with Crippen LogP contribution in [0.4, 0.5) is 0 Å². The van der Waals surface area contributed by atoms with Gasteiger partial charge in [0.1, 0.15) is 113 Å². The van der Waals surface area contributed by atoms with Gasteiger partial charge in [-0.25, -0.2) is 29.7 Å². The van der Waals surface area contributed by atoms with Crippen LogP contribution in [-0.4, -0.2) is 198 Å². The highest BCUT2D eigenvalue weighted by molar-refractivity contribution is 8.14. The van der Waals surface area contributed by atoms with Gasteiger partial charge in [-0.1, -0.05) is 58.2 Å². The lowest BCUT2D eigenvalue weighted by Gasteiger charge is -2.41. The van der Waals surface area contributed by atoms with Crippen molar-refractivity contribution in [1.29, 1.82) is 0 Å². The fraction of sp³-hybridized carbons (Fsp3) is 0.431. The highest BCUT2D eigenvalue weighted by Gasteiger charge is 2.51. The molecular formula is C72H85N19O18S5. The highest BCUT2D eigenvalue weighted by Crippen LogP contribution is 2.48. The number of hydrogen-bond donors (Lipinski definition) is 17. The van der Waals surface area contributed by atoms with Gasteiger partial charge in [0.25, 0.3) is 35.4 Å². The summed E-state index contributed by atoms with van der Waals surface area (Å²) in [4.78, 5) is 204. The molecule has 606 valence electrons. The minimum atomic E-state index is -2.21. The molecule has 0 fully saturated rings. The number of ether oxygens (including phenoxy) is 1. The van der Waals surface area contributed by atoms with Crippen molar-refractivity contribution in [3.63, 3.8) is 0 Å². The van der Waals surface area contributed by atoms with Crippen molar-refractivity contribution >= 4 is 145 Å². The maximum atomic E-state index is 15.4. The summed E-state index contributed by atoms with van der Waals surface area (Å²) in [6.07, 6.45) is -3.18.